The van der Waals surface area contributed by atoms with E-state index in [1.165, 1.54) is 0 Å². The molecule has 3 aromatic rings. The topological polar surface area (TPSA) is 96.4 Å². The highest BCUT2D eigenvalue weighted by molar-refractivity contribution is 9.10. The Balaban J connectivity index is 1.70. The second kappa shape index (κ2) is 9.68. The van der Waals surface area contributed by atoms with E-state index in [1.807, 2.05) is 6.07 Å². The molecule has 1 heterocycles. The van der Waals surface area contributed by atoms with Crippen LogP contribution in [0.3, 0.4) is 0 Å². The van der Waals surface area contributed by atoms with Gasteiger partial charge in [-0.15, -0.1) is 6.42 Å². The fraction of sp³-hybridized carbons (Fsp3) is 0.0952. The number of terminal acetylenes is 1. The number of benzene rings is 2. The Labute approximate surface area is 176 Å². The van der Waals surface area contributed by atoms with Gasteiger partial charge in [0.05, 0.1) is 10.7 Å². The molecule has 0 radical (unpaired) electrons. The van der Waals surface area contributed by atoms with Gasteiger partial charge < -0.3 is 20.5 Å². The lowest BCUT2D eigenvalue weighted by atomic mass is 10.1. The van der Waals surface area contributed by atoms with E-state index < -0.39 is 12.0 Å². The van der Waals surface area contributed by atoms with Crippen LogP contribution in [0.2, 0.25) is 0 Å². The third-order valence-corrected chi connectivity index (χ3v) is 4.30. The van der Waals surface area contributed by atoms with E-state index in [9.17, 15) is 9.90 Å². The summed E-state index contributed by atoms with van der Waals surface area (Å²) < 4.78 is 5.93. The van der Waals surface area contributed by atoms with E-state index in [2.05, 4.69) is 42.5 Å². The zero-order valence-corrected chi connectivity index (χ0v) is 16.8. The Hall–Kier alpha value is -3.41. The maximum Gasteiger partial charge on any atom is 0.257 e. The van der Waals surface area contributed by atoms with E-state index in [4.69, 9.17) is 11.2 Å². The monoisotopic (exact) mass is 452 g/mol. The number of ether oxygens (including phenoxy) is 1. The van der Waals surface area contributed by atoms with Crippen molar-refractivity contribution in [3.8, 4) is 18.2 Å². The van der Waals surface area contributed by atoms with Crippen molar-refractivity contribution in [2.24, 2.45) is 0 Å². The highest BCUT2D eigenvalue weighted by Crippen LogP contribution is 2.25. The summed E-state index contributed by atoms with van der Waals surface area (Å²) in [7, 11) is 0. The largest absolute Gasteiger partial charge is 0.464 e. The van der Waals surface area contributed by atoms with Crippen LogP contribution in [0.5, 0.6) is 5.88 Å². The molecule has 7 nitrogen and oxygen atoms in total. The molecule has 29 heavy (non-hydrogen) atoms. The van der Waals surface area contributed by atoms with Crippen molar-refractivity contribution in [1.82, 2.24) is 9.97 Å². The average molecular weight is 453 g/mol. The Kier molecular flexibility index (Phi) is 6.79. The maximum atomic E-state index is 12.3. The van der Waals surface area contributed by atoms with Crippen molar-refractivity contribution in [1.29, 1.82) is 0 Å². The van der Waals surface area contributed by atoms with Crippen LogP contribution < -0.4 is 15.4 Å². The Morgan fingerprint density at radius 1 is 1.21 bits per heavy atom. The number of carbonyl (C=O) groups is 1. The van der Waals surface area contributed by atoms with Gasteiger partial charge in [0.15, 0.2) is 12.7 Å². The lowest BCUT2D eigenvalue weighted by molar-refractivity contribution is -0.124. The van der Waals surface area contributed by atoms with Gasteiger partial charge in [-0.05, 0) is 39.7 Å². The van der Waals surface area contributed by atoms with Crippen molar-refractivity contribution in [2.45, 2.75) is 6.10 Å². The highest BCUT2D eigenvalue weighted by Gasteiger charge is 2.17. The first-order valence-electron chi connectivity index (χ1n) is 8.56. The van der Waals surface area contributed by atoms with Crippen molar-refractivity contribution in [3.63, 3.8) is 0 Å². The number of amides is 1. The lowest BCUT2D eigenvalue weighted by Gasteiger charge is -2.13. The van der Waals surface area contributed by atoms with Crippen molar-refractivity contribution >= 4 is 39.2 Å². The molecule has 0 aliphatic rings. The molecule has 0 bridgehead atoms. The van der Waals surface area contributed by atoms with Crippen LogP contribution in [0, 0.1) is 12.3 Å². The number of hydrogen-bond acceptors (Lipinski definition) is 6. The summed E-state index contributed by atoms with van der Waals surface area (Å²) in [5.41, 5.74) is 1.67. The molecule has 0 saturated heterocycles. The molecule has 0 spiro atoms. The second-order valence-electron chi connectivity index (χ2n) is 5.85. The summed E-state index contributed by atoms with van der Waals surface area (Å²) in [6, 6.07) is 15.7. The molecule has 0 aliphatic carbocycles. The number of aliphatic hydroxyl groups is 1. The van der Waals surface area contributed by atoms with Crippen LogP contribution in [0.4, 0.5) is 17.3 Å². The maximum absolute atomic E-state index is 12.3. The quantitative estimate of drug-likeness (QED) is 0.473. The zero-order valence-electron chi connectivity index (χ0n) is 15.2. The number of anilines is 3. The Morgan fingerprint density at radius 2 is 1.97 bits per heavy atom. The average Bonchev–Trinajstić information content (AvgIpc) is 2.74. The summed E-state index contributed by atoms with van der Waals surface area (Å²) >= 11 is 3.30. The number of rotatable bonds is 7. The van der Waals surface area contributed by atoms with Crippen LogP contribution >= 0.6 is 15.9 Å². The summed E-state index contributed by atoms with van der Waals surface area (Å²) in [6.45, 7) is 0.0836. The highest BCUT2D eigenvalue weighted by atomic mass is 79.9. The SMILES string of the molecule is C#CCOc1nc(Nc2cccc(NC(=O)C(O)c3ccccc3)c2)ncc1Br. The van der Waals surface area contributed by atoms with Gasteiger partial charge in [-0.25, -0.2) is 4.98 Å². The number of hydrogen-bond donors (Lipinski definition) is 3. The van der Waals surface area contributed by atoms with Gasteiger partial charge in [-0.3, -0.25) is 4.79 Å². The smallest absolute Gasteiger partial charge is 0.257 e. The zero-order chi connectivity index (χ0) is 20.6. The minimum atomic E-state index is -1.27. The number of nitrogens with zero attached hydrogens (tertiary/aromatic N) is 2. The molecule has 0 saturated carbocycles. The van der Waals surface area contributed by atoms with Gasteiger partial charge in [0.25, 0.3) is 5.91 Å². The van der Waals surface area contributed by atoms with Gasteiger partial charge in [0.1, 0.15) is 0 Å². The fourth-order valence-corrected chi connectivity index (χ4v) is 2.73. The molecule has 3 rings (SSSR count). The van der Waals surface area contributed by atoms with Crippen LogP contribution in [-0.2, 0) is 4.79 Å². The summed E-state index contributed by atoms with van der Waals surface area (Å²) in [5, 5.41) is 15.9. The molecule has 1 amide bonds. The molecule has 1 atom stereocenters. The number of halogens is 1. The van der Waals surface area contributed by atoms with Gasteiger partial charge in [-0.1, -0.05) is 42.3 Å². The summed E-state index contributed by atoms with van der Waals surface area (Å²) in [6.07, 6.45) is 5.48. The van der Waals surface area contributed by atoms with E-state index in [0.717, 1.165) is 0 Å². The molecule has 146 valence electrons. The van der Waals surface area contributed by atoms with Crippen LogP contribution in [-0.4, -0.2) is 27.6 Å². The van der Waals surface area contributed by atoms with Crippen LogP contribution in [0.1, 0.15) is 11.7 Å². The number of aromatic nitrogens is 2. The Bertz CT molecular complexity index is 1040. The Morgan fingerprint density at radius 3 is 2.72 bits per heavy atom. The van der Waals surface area contributed by atoms with E-state index >= 15 is 0 Å². The first kappa shape index (κ1) is 20.3. The molecule has 0 fully saturated rings. The lowest BCUT2D eigenvalue weighted by Crippen LogP contribution is -2.20. The first-order chi connectivity index (χ1) is 14.1. The molecular weight excluding hydrogens is 436 g/mol. The van der Waals surface area contributed by atoms with Crippen LogP contribution in [0.15, 0.2) is 65.3 Å². The number of carbonyl (C=O) groups excluding carboxylic acids is 1. The summed E-state index contributed by atoms with van der Waals surface area (Å²) in [5.74, 6) is 2.46. The van der Waals surface area contributed by atoms with Gasteiger partial charge in [0, 0.05) is 11.4 Å². The third-order valence-electron chi connectivity index (χ3n) is 3.75. The number of nitrogens with one attached hydrogen (secondary N) is 2. The predicted molar refractivity (Wildman–Crippen MR) is 114 cm³/mol. The normalized spacial score (nSPS) is 11.2. The second-order valence-corrected chi connectivity index (χ2v) is 6.70. The third kappa shape index (κ3) is 5.54. The van der Waals surface area contributed by atoms with Crippen LogP contribution in [0.25, 0.3) is 0 Å². The van der Waals surface area contributed by atoms with E-state index in [-0.39, 0.29) is 6.61 Å². The molecular formula is C21H17BrN4O3. The molecule has 2 aromatic carbocycles. The van der Waals surface area contributed by atoms with Gasteiger partial charge in [-0.2, -0.15) is 4.98 Å². The predicted octanol–water partition coefficient (Wildman–Crippen LogP) is 3.67. The van der Waals surface area contributed by atoms with Gasteiger partial charge >= 0.3 is 0 Å². The molecule has 8 heteroatoms. The summed E-state index contributed by atoms with van der Waals surface area (Å²) in [4.78, 5) is 20.7. The van der Waals surface area contributed by atoms with Crippen molar-refractivity contribution < 1.29 is 14.6 Å². The molecule has 0 aliphatic heterocycles. The minimum absolute atomic E-state index is 0.0836. The van der Waals surface area contributed by atoms with Gasteiger partial charge in [0.2, 0.25) is 11.8 Å². The van der Waals surface area contributed by atoms with Crippen molar-refractivity contribution in [3.05, 3.63) is 70.8 Å². The molecule has 1 unspecified atom stereocenters. The van der Waals surface area contributed by atoms with E-state index in [1.54, 1.807) is 54.7 Å². The first-order valence-corrected chi connectivity index (χ1v) is 9.36. The minimum Gasteiger partial charge on any atom is -0.464 e. The van der Waals surface area contributed by atoms with E-state index in [0.29, 0.717) is 33.2 Å². The fourth-order valence-electron chi connectivity index (χ4n) is 2.42. The van der Waals surface area contributed by atoms with Crippen molar-refractivity contribution in [2.75, 3.05) is 17.2 Å². The molecule has 1 aromatic heterocycles. The standard InChI is InChI=1S/C21H17BrN4O3/c1-2-11-29-20-17(22)13-23-21(26-20)25-16-10-6-9-15(12-16)24-19(28)18(27)14-7-4-3-5-8-14/h1,3-10,12-13,18,27H,11H2,(H,24,28)(H,23,25,26). The number of aliphatic hydroxyl groups excluding tert-OH is 1. The molecule has 3 N–H and O–H groups in total.